The van der Waals surface area contributed by atoms with E-state index < -0.39 is 18.8 Å². The molecule has 0 aliphatic rings. The summed E-state index contributed by atoms with van der Waals surface area (Å²) in [6.45, 7) is -1.48. The molecule has 15 heavy (non-hydrogen) atoms. The molecule has 1 aromatic rings. The maximum Gasteiger partial charge on any atom is 0.422 e. The number of aromatic carboxylic acids is 1. The van der Waals surface area contributed by atoms with E-state index in [0.717, 1.165) is 10.7 Å². The van der Waals surface area contributed by atoms with Crippen molar-refractivity contribution in [2.45, 2.75) is 6.18 Å². The van der Waals surface area contributed by atoms with Gasteiger partial charge in [0.25, 0.3) is 0 Å². The van der Waals surface area contributed by atoms with Crippen molar-refractivity contribution < 1.29 is 27.8 Å². The summed E-state index contributed by atoms with van der Waals surface area (Å²) in [5, 5.41) is 11.9. The zero-order chi connectivity index (χ0) is 11.6. The molecule has 84 valence electrons. The molecule has 0 unspecified atom stereocenters. The average Bonchev–Trinajstić information content (AvgIpc) is 2.42. The van der Waals surface area contributed by atoms with E-state index in [4.69, 9.17) is 5.11 Å². The van der Waals surface area contributed by atoms with Crippen molar-refractivity contribution in [2.75, 3.05) is 6.61 Å². The van der Waals surface area contributed by atoms with Gasteiger partial charge in [0.15, 0.2) is 12.3 Å². The van der Waals surface area contributed by atoms with Crippen molar-refractivity contribution in [1.29, 1.82) is 0 Å². The number of ether oxygens (including phenoxy) is 1. The van der Waals surface area contributed by atoms with E-state index in [9.17, 15) is 18.0 Å². The molecule has 0 saturated heterocycles. The van der Waals surface area contributed by atoms with Crippen LogP contribution in [0.1, 0.15) is 10.5 Å². The number of alkyl halides is 3. The van der Waals surface area contributed by atoms with Crippen LogP contribution in [0.3, 0.4) is 0 Å². The van der Waals surface area contributed by atoms with Crippen LogP contribution < -0.4 is 4.74 Å². The van der Waals surface area contributed by atoms with E-state index in [2.05, 4.69) is 9.84 Å². The van der Waals surface area contributed by atoms with Crippen molar-refractivity contribution in [3.8, 4) is 5.88 Å². The van der Waals surface area contributed by atoms with Gasteiger partial charge >= 0.3 is 12.1 Å². The number of carboxylic acid groups (broad SMARTS) is 1. The zero-order valence-corrected chi connectivity index (χ0v) is 7.58. The molecule has 0 spiro atoms. The Hall–Kier alpha value is -1.73. The molecule has 1 heterocycles. The van der Waals surface area contributed by atoms with Crippen LogP contribution in [0.25, 0.3) is 0 Å². The summed E-state index contributed by atoms with van der Waals surface area (Å²) < 4.78 is 40.6. The average molecular weight is 224 g/mol. The third-order valence-electron chi connectivity index (χ3n) is 1.44. The predicted octanol–water partition coefficient (Wildman–Crippen LogP) is 1.06. The summed E-state index contributed by atoms with van der Waals surface area (Å²) in [5.41, 5.74) is -0.366. The van der Waals surface area contributed by atoms with Gasteiger partial charge in [-0.1, -0.05) is 0 Å². The van der Waals surface area contributed by atoms with Gasteiger partial charge in [-0.05, 0) is 0 Å². The summed E-state index contributed by atoms with van der Waals surface area (Å²) in [4.78, 5) is 10.4. The van der Waals surface area contributed by atoms with Gasteiger partial charge in [0, 0.05) is 13.1 Å². The first-order valence-electron chi connectivity index (χ1n) is 3.76. The van der Waals surface area contributed by atoms with Crippen LogP contribution in [0.2, 0.25) is 0 Å². The van der Waals surface area contributed by atoms with Gasteiger partial charge in [0.05, 0.1) is 0 Å². The van der Waals surface area contributed by atoms with Crippen LogP contribution in [-0.2, 0) is 7.05 Å². The van der Waals surface area contributed by atoms with E-state index in [0.29, 0.717) is 0 Å². The highest BCUT2D eigenvalue weighted by atomic mass is 19.4. The molecule has 0 aliphatic carbocycles. The molecular formula is C7H7F3N2O3. The van der Waals surface area contributed by atoms with E-state index in [-0.39, 0.29) is 11.6 Å². The summed E-state index contributed by atoms with van der Waals surface area (Å²) in [6.07, 6.45) is -4.46. The van der Waals surface area contributed by atoms with Gasteiger partial charge in [-0.25, -0.2) is 9.48 Å². The van der Waals surface area contributed by atoms with Crippen LogP contribution in [0.5, 0.6) is 5.88 Å². The van der Waals surface area contributed by atoms with Gasteiger partial charge in [-0.2, -0.15) is 18.3 Å². The Bertz CT molecular complexity index is 372. The molecule has 0 aromatic carbocycles. The Kier molecular flexibility index (Phi) is 2.87. The summed E-state index contributed by atoms with van der Waals surface area (Å²) >= 11 is 0. The lowest BCUT2D eigenvalue weighted by molar-refractivity contribution is -0.154. The largest absolute Gasteiger partial charge is 0.476 e. The molecule has 0 fully saturated rings. The number of halogens is 3. The van der Waals surface area contributed by atoms with Crippen molar-refractivity contribution in [3.63, 3.8) is 0 Å². The number of nitrogens with zero attached hydrogens (tertiary/aromatic N) is 2. The third-order valence-corrected chi connectivity index (χ3v) is 1.44. The summed E-state index contributed by atoms with van der Waals surface area (Å²) in [5.74, 6) is -1.57. The lowest BCUT2D eigenvalue weighted by atomic mass is 10.4. The van der Waals surface area contributed by atoms with Gasteiger partial charge in [-0.3, -0.25) is 0 Å². The molecule has 0 aliphatic heterocycles. The highest BCUT2D eigenvalue weighted by molar-refractivity contribution is 5.85. The Morgan fingerprint density at radius 1 is 1.67 bits per heavy atom. The molecule has 0 atom stereocenters. The van der Waals surface area contributed by atoms with E-state index >= 15 is 0 Å². The number of carboxylic acids is 1. The SMILES string of the molecule is Cn1nc(C(=O)O)cc1OCC(F)(F)F. The second-order valence-electron chi connectivity index (χ2n) is 2.70. The van der Waals surface area contributed by atoms with Crippen molar-refractivity contribution in [2.24, 2.45) is 7.05 Å². The zero-order valence-electron chi connectivity index (χ0n) is 7.58. The minimum atomic E-state index is -4.46. The van der Waals surface area contributed by atoms with E-state index in [1.807, 2.05) is 0 Å². The number of hydrogen-bond donors (Lipinski definition) is 1. The number of hydrogen-bond acceptors (Lipinski definition) is 3. The molecule has 1 aromatic heterocycles. The number of rotatable bonds is 3. The third kappa shape index (κ3) is 3.15. The molecule has 8 heteroatoms. The Labute approximate surface area is 82.1 Å². The first-order chi connectivity index (χ1) is 6.79. The van der Waals surface area contributed by atoms with Gasteiger partial charge < -0.3 is 9.84 Å². The molecule has 0 saturated carbocycles. The van der Waals surface area contributed by atoms with Crippen LogP contribution in [0, 0.1) is 0 Å². The maximum absolute atomic E-state index is 11.8. The summed E-state index contributed by atoms with van der Waals surface area (Å²) in [7, 11) is 1.29. The van der Waals surface area contributed by atoms with Gasteiger partial charge in [-0.15, -0.1) is 0 Å². The molecular weight excluding hydrogens is 217 g/mol. The fourth-order valence-electron chi connectivity index (χ4n) is 0.845. The van der Waals surface area contributed by atoms with Crippen LogP contribution in [-0.4, -0.2) is 33.6 Å². The smallest absolute Gasteiger partial charge is 0.422 e. The van der Waals surface area contributed by atoms with Crippen molar-refractivity contribution in [3.05, 3.63) is 11.8 Å². The van der Waals surface area contributed by atoms with Crippen molar-refractivity contribution >= 4 is 5.97 Å². The molecule has 0 amide bonds. The lowest BCUT2D eigenvalue weighted by Crippen LogP contribution is -2.20. The van der Waals surface area contributed by atoms with Crippen molar-refractivity contribution in [1.82, 2.24) is 9.78 Å². The fourth-order valence-corrected chi connectivity index (χ4v) is 0.845. The molecule has 0 radical (unpaired) electrons. The predicted molar refractivity (Wildman–Crippen MR) is 41.7 cm³/mol. The van der Waals surface area contributed by atoms with Crippen LogP contribution in [0.4, 0.5) is 13.2 Å². The maximum atomic E-state index is 11.8. The van der Waals surface area contributed by atoms with Crippen LogP contribution >= 0.6 is 0 Å². The first-order valence-corrected chi connectivity index (χ1v) is 3.76. The Morgan fingerprint density at radius 2 is 2.27 bits per heavy atom. The van der Waals surface area contributed by atoms with Gasteiger partial charge in [0.1, 0.15) is 0 Å². The normalized spacial score (nSPS) is 11.5. The fraction of sp³-hybridized carbons (Fsp3) is 0.429. The summed E-state index contributed by atoms with van der Waals surface area (Å²) in [6, 6.07) is 0.925. The second-order valence-corrected chi connectivity index (χ2v) is 2.70. The lowest BCUT2D eigenvalue weighted by Gasteiger charge is -2.07. The second kappa shape index (κ2) is 3.79. The topological polar surface area (TPSA) is 64.4 Å². The number of carbonyl (C=O) groups is 1. The standard InChI is InChI=1S/C7H7F3N2O3/c1-12-5(15-3-7(8,9)10)2-4(11-12)6(13)14/h2H,3H2,1H3,(H,13,14). The molecule has 5 nitrogen and oxygen atoms in total. The quantitative estimate of drug-likeness (QED) is 0.833. The minimum Gasteiger partial charge on any atom is -0.476 e. The van der Waals surface area contributed by atoms with Crippen LogP contribution in [0.15, 0.2) is 6.07 Å². The van der Waals surface area contributed by atoms with E-state index in [1.165, 1.54) is 7.05 Å². The first kappa shape index (κ1) is 11.3. The highest BCUT2D eigenvalue weighted by Gasteiger charge is 2.29. The van der Waals surface area contributed by atoms with Gasteiger partial charge in [0.2, 0.25) is 5.88 Å². The minimum absolute atomic E-state index is 0.246. The highest BCUT2D eigenvalue weighted by Crippen LogP contribution is 2.18. The monoisotopic (exact) mass is 224 g/mol. The molecule has 1 rings (SSSR count). The Morgan fingerprint density at radius 3 is 2.67 bits per heavy atom. The number of aryl methyl sites for hydroxylation is 1. The van der Waals surface area contributed by atoms with E-state index in [1.54, 1.807) is 0 Å². The Balaban J connectivity index is 2.74. The number of aromatic nitrogens is 2. The molecule has 0 bridgehead atoms. The molecule has 1 N–H and O–H groups in total.